The van der Waals surface area contributed by atoms with Gasteiger partial charge in [-0.15, -0.1) is 0 Å². The van der Waals surface area contributed by atoms with Crippen molar-refractivity contribution in [1.29, 1.82) is 0 Å². The van der Waals surface area contributed by atoms with Crippen molar-refractivity contribution in [2.45, 2.75) is 58.3 Å². The summed E-state index contributed by atoms with van der Waals surface area (Å²) in [5, 5.41) is 0. The third-order valence-corrected chi connectivity index (χ3v) is 4.16. The molecular formula is C14H22O2. The normalized spacial score (nSPS) is 29.3. The fourth-order valence-electron chi connectivity index (χ4n) is 2.93. The zero-order chi connectivity index (χ0) is 11.5. The second-order valence-electron chi connectivity index (χ2n) is 5.45. The number of carbonyl (C=O) groups is 2. The highest BCUT2D eigenvalue weighted by molar-refractivity contribution is 6.39. The Bertz CT molecular complexity index is 276. The molecule has 90 valence electrons. The van der Waals surface area contributed by atoms with Crippen molar-refractivity contribution in [2.24, 2.45) is 17.8 Å². The summed E-state index contributed by atoms with van der Waals surface area (Å²) in [5.74, 6) is 0.659. The maximum Gasteiger partial charge on any atom is 0.202 e. The molecule has 16 heavy (non-hydrogen) atoms. The molecule has 0 aromatic heterocycles. The van der Waals surface area contributed by atoms with Crippen molar-refractivity contribution in [2.75, 3.05) is 0 Å². The van der Waals surface area contributed by atoms with Crippen molar-refractivity contribution in [3.8, 4) is 0 Å². The van der Waals surface area contributed by atoms with Gasteiger partial charge in [-0.05, 0) is 31.6 Å². The van der Waals surface area contributed by atoms with Crippen molar-refractivity contribution < 1.29 is 9.59 Å². The van der Waals surface area contributed by atoms with Gasteiger partial charge in [0.2, 0.25) is 11.6 Å². The van der Waals surface area contributed by atoms with Gasteiger partial charge in [0.25, 0.3) is 0 Å². The summed E-state index contributed by atoms with van der Waals surface area (Å²) in [4.78, 5) is 23.8. The van der Waals surface area contributed by atoms with E-state index in [1.165, 1.54) is 12.8 Å². The predicted molar refractivity (Wildman–Crippen MR) is 63.1 cm³/mol. The number of unbranched alkanes of at least 4 members (excludes halogenated alkanes) is 1. The molecule has 2 unspecified atom stereocenters. The highest BCUT2D eigenvalue weighted by atomic mass is 16.2. The molecule has 0 aromatic carbocycles. The maximum atomic E-state index is 11.9. The van der Waals surface area contributed by atoms with Crippen LogP contribution < -0.4 is 0 Å². The fraction of sp³-hybridized carbons (Fsp3) is 0.857. The molecular weight excluding hydrogens is 200 g/mol. The molecule has 0 amide bonds. The van der Waals surface area contributed by atoms with E-state index in [2.05, 4.69) is 6.92 Å². The first kappa shape index (κ1) is 11.8. The molecule has 2 heteroatoms. The number of rotatable bonds is 6. The Balaban J connectivity index is 1.78. The minimum absolute atomic E-state index is 0.0343. The lowest BCUT2D eigenvalue weighted by Gasteiger charge is -2.06. The summed E-state index contributed by atoms with van der Waals surface area (Å²) in [6.45, 7) is 2.17. The van der Waals surface area contributed by atoms with E-state index in [-0.39, 0.29) is 23.4 Å². The van der Waals surface area contributed by atoms with E-state index in [4.69, 9.17) is 0 Å². The summed E-state index contributed by atoms with van der Waals surface area (Å²) in [6.07, 6.45) is 8.69. The standard InChI is InChI=1S/C14H22O2/c1-2-3-6-11-9-12(11)14(16)13(15)10-7-4-5-8-10/h10-12H,2-9H2,1H3. The summed E-state index contributed by atoms with van der Waals surface area (Å²) >= 11 is 0. The SMILES string of the molecule is CCCCC1CC1C(=O)C(=O)C1CCCC1. The van der Waals surface area contributed by atoms with Crippen LogP contribution in [0.4, 0.5) is 0 Å². The molecule has 0 bridgehead atoms. The molecule has 2 nitrogen and oxygen atoms in total. The number of ketones is 2. The summed E-state index contributed by atoms with van der Waals surface area (Å²) in [7, 11) is 0. The van der Waals surface area contributed by atoms with E-state index in [9.17, 15) is 9.59 Å². The van der Waals surface area contributed by atoms with Crippen molar-refractivity contribution in [3.63, 3.8) is 0 Å². The van der Waals surface area contributed by atoms with Crippen molar-refractivity contribution in [3.05, 3.63) is 0 Å². The average Bonchev–Trinajstić information content (AvgIpc) is 2.85. The Morgan fingerprint density at radius 2 is 1.81 bits per heavy atom. The Morgan fingerprint density at radius 1 is 1.12 bits per heavy atom. The third-order valence-electron chi connectivity index (χ3n) is 4.16. The lowest BCUT2D eigenvalue weighted by Crippen LogP contribution is -2.23. The van der Waals surface area contributed by atoms with Gasteiger partial charge >= 0.3 is 0 Å². The fourth-order valence-corrected chi connectivity index (χ4v) is 2.93. The smallest absolute Gasteiger partial charge is 0.202 e. The van der Waals surface area contributed by atoms with Crippen LogP contribution in [0, 0.1) is 17.8 Å². The number of hydrogen-bond donors (Lipinski definition) is 0. The largest absolute Gasteiger partial charge is 0.291 e. The molecule has 0 spiro atoms. The van der Waals surface area contributed by atoms with Gasteiger partial charge in [0.05, 0.1) is 0 Å². The van der Waals surface area contributed by atoms with Crippen molar-refractivity contribution in [1.82, 2.24) is 0 Å². The van der Waals surface area contributed by atoms with E-state index in [1.54, 1.807) is 0 Å². The molecule has 0 aliphatic heterocycles. The van der Waals surface area contributed by atoms with Gasteiger partial charge in [0.15, 0.2) is 0 Å². The van der Waals surface area contributed by atoms with Crippen LogP contribution in [0.3, 0.4) is 0 Å². The second kappa shape index (κ2) is 5.11. The van der Waals surface area contributed by atoms with Crippen molar-refractivity contribution >= 4 is 11.6 Å². The molecule has 0 N–H and O–H groups in total. The van der Waals surface area contributed by atoms with Gasteiger partial charge < -0.3 is 0 Å². The molecule has 2 saturated carbocycles. The number of Topliss-reactive ketones (excluding diaryl/α,β-unsaturated/α-hetero) is 2. The van der Waals surface area contributed by atoms with Crippen LogP contribution in [-0.4, -0.2) is 11.6 Å². The Hall–Kier alpha value is -0.660. The van der Waals surface area contributed by atoms with E-state index in [0.29, 0.717) is 5.92 Å². The first-order valence-electron chi connectivity index (χ1n) is 6.82. The predicted octanol–water partition coefficient (Wildman–Crippen LogP) is 3.14. The molecule has 0 aromatic rings. The van der Waals surface area contributed by atoms with Gasteiger partial charge in [-0.25, -0.2) is 0 Å². The molecule has 2 fully saturated rings. The average molecular weight is 222 g/mol. The quantitative estimate of drug-likeness (QED) is 0.647. The highest BCUT2D eigenvalue weighted by Crippen LogP contribution is 2.44. The third kappa shape index (κ3) is 2.53. The molecule has 0 saturated heterocycles. The van der Waals surface area contributed by atoms with Crippen LogP contribution in [0.25, 0.3) is 0 Å². The Kier molecular flexibility index (Phi) is 3.78. The summed E-state index contributed by atoms with van der Waals surface area (Å²) in [5.41, 5.74) is 0. The summed E-state index contributed by atoms with van der Waals surface area (Å²) in [6, 6.07) is 0. The topological polar surface area (TPSA) is 34.1 Å². The molecule has 0 radical (unpaired) electrons. The highest BCUT2D eigenvalue weighted by Gasteiger charge is 2.45. The Labute approximate surface area is 97.8 Å². The molecule has 2 atom stereocenters. The first-order chi connectivity index (χ1) is 7.74. The Morgan fingerprint density at radius 3 is 2.44 bits per heavy atom. The van der Waals surface area contributed by atoms with Crippen LogP contribution in [0.15, 0.2) is 0 Å². The van der Waals surface area contributed by atoms with E-state index in [0.717, 1.165) is 38.5 Å². The molecule has 2 aliphatic carbocycles. The van der Waals surface area contributed by atoms with Crippen LogP contribution in [0.5, 0.6) is 0 Å². The molecule has 2 rings (SSSR count). The lowest BCUT2D eigenvalue weighted by atomic mass is 9.96. The van der Waals surface area contributed by atoms with Crippen LogP contribution in [0.2, 0.25) is 0 Å². The monoisotopic (exact) mass is 222 g/mol. The zero-order valence-electron chi connectivity index (χ0n) is 10.2. The van der Waals surface area contributed by atoms with Gasteiger partial charge in [-0.2, -0.15) is 0 Å². The maximum absolute atomic E-state index is 11.9. The molecule has 0 heterocycles. The van der Waals surface area contributed by atoms with E-state index < -0.39 is 0 Å². The summed E-state index contributed by atoms with van der Waals surface area (Å²) < 4.78 is 0. The van der Waals surface area contributed by atoms with Crippen LogP contribution in [-0.2, 0) is 9.59 Å². The number of carbonyl (C=O) groups excluding carboxylic acids is 2. The van der Waals surface area contributed by atoms with Gasteiger partial charge in [0.1, 0.15) is 0 Å². The lowest BCUT2D eigenvalue weighted by molar-refractivity contribution is -0.139. The minimum Gasteiger partial charge on any atom is -0.291 e. The molecule has 2 aliphatic rings. The zero-order valence-corrected chi connectivity index (χ0v) is 10.2. The van der Waals surface area contributed by atoms with Gasteiger partial charge in [-0.1, -0.05) is 32.6 Å². The minimum atomic E-state index is -0.0403. The number of hydrogen-bond acceptors (Lipinski definition) is 2. The van der Waals surface area contributed by atoms with Crippen LogP contribution in [0.1, 0.15) is 58.3 Å². The van der Waals surface area contributed by atoms with Gasteiger partial charge in [0, 0.05) is 11.8 Å². The van der Waals surface area contributed by atoms with Crippen LogP contribution >= 0.6 is 0 Å². The first-order valence-corrected chi connectivity index (χ1v) is 6.82. The van der Waals surface area contributed by atoms with Gasteiger partial charge in [-0.3, -0.25) is 9.59 Å². The van der Waals surface area contributed by atoms with E-state index >= 15 is 0 Å². The second-order valence-corrected chi connectivity index (χ2v) is 5.45. The van der Waals surface area contributed by atoms with E-state index in [1.807, 2.05) is 0 Å².